The second kappa shape index (κ2) is 3.37. The molecule has 4 rings (SSSR count). The third-order valence-corrected chi connectivity index (χ3v) is 4.60. The Kier molecular flexibility index (Phi) is 1.91. The van der Waals surface area contributed by atoms with E-state index in [1.165, 1.54) is 29.7 Å². The number of nitrogens with zero attached hydrogens (tertiary/aromatic N) is 2. The molecule has 3 nitrogen and oxygen atoms in total. The summed E-state index contributed by atoms with van der Waals surface area (Å²) >= 11 is 0. The van der Waals surface area contributed by atoms with Crippen molar-refractivity contribution in [1.29, 1.82) is 0 Å². The molecule has 2 aliphatic rings. The first-order valence-corrected chi connectivity index (χ1v) is 6.64. The van der Waals surface area contributed by atoms with Crippen molar-refractivity contribution < 1.29 is 5.11 Å². The van der Waals surface area contributed by atoms with E-state index in [0.29, 0.717) is 5.75 Å². The Morgan fingerprint density at radius 2 is 2.17 bits per heavy atom. The summed E-state index contributed by atoms with van der Waals surface area (Å²) in [6.07, 6.45) is 9.72. The number of phenolic OH excluding ortho intramolecular Hbond substituents is 1. The number of imidazole rings is 1. The van der Waals surface area contributed by atoms with Gasteiger partial charge in [0.25, 0.3) is 0 Å². The van der Waals surface area contributed by atoms with Crippen molar-refractivity contribution >= 4 is 0 Å². The van der Waals surface area contributed by atoms with Crippen LogP contribution >= 0.6 is 0 Å². The van der Waals surface area contributed by atoms with Crippen molar-refractivity contribution in [2.75, 3.05) is 0 Å². The fourth-order valence-electron chi connectivity index (χ4n) is 3.80. The number of hydrogen-bond acceptors (Lipinski definition) is 2. The number of fused-ring (bicyclic) bond motifs is 4. The van der Waals surface area contributed by atoms with Gasteiger partial charge in [0.2, 0.25) is 0 Å². The van der Waals surface area contributed by atoms with E-state index in [4.69, 9.17) is 0 Å². The fraction of sp³-hybridized carbons (Fsp3) is 0.400. The minimum absolute atomic E-state index is 0.104. The molecule has 1 atom stereocenters. The highest BCUT2D eigenvalue weighted by molar-refractivity contribution is 5.44. The Balaban J connectivity index is 1.95. The highest BCUT2D eigenvalue weighted by Crippen LogP contribution is 2.47. The smallest absolute Gasteiger partial charge is 0.115 e. The van der Waals surface area contributed by atoms with Gasteiger partial charge in [-0.3, -0.25) is 0 Å². The highest BCUT2D eigenvalue weighted by atomic mass is 16.3. The molecule has 0 bridgehead atoms. The van der Waals surface area contributed by atoms with Crippen molar-refractivity contribution in [3.8, 4) is 5.75 Å². The maximum absolute atomic E-state index is 9.62. The minimum Gasteiger partial charge on any atom is -0.508 e. The van der Waals surface area contributed by atoms with Crippen molar-refractivity contribution in [3.63, 3.8) is 0 Å². The SMILES string of the molecule is Oc1ccc2c(c1)CCC21CCCc2cncn21. The van der Waals surface area contributed by atoms with E-state index >= 15 is 0 Å². The van der Waals surface area contributed by atoms with Gasteiger partial charge in [0.15, 0.2) is 0 Å². The molecule has 1 N–H and O–H groups in total. The van der Waals surface area contributed by atoms with E-state index in [0.717, 1.165) is 19.3 Å². The molecule has 0 saturated carbocycles. The number of aryl methyl sites for hydroxylation is 2. The molecular weight excluding hydrogens is 224 g/mol. The van der Waals surface area contributed by atoms with Gasteiger partial charge in [-0.1, -0.05) is 6.07 Å². The summed E-state index contributed by atoms with van der Waals surface area (Å²) in [5, 5.41) is 9.62. The second-order valence-electron chi connectivity index (χ2n) is 5.48. The van der Waals surface area contributed by atoms with Gasteiger partial charge < -0.3 is 9.67 Å². The van der Waals surface area contributed by atoms with Gasteiger partial charge in [-0.15, -0.1) is 0 Å². The van der Waals surface area contributed by atoms with Crippen molar-refractivity contribution in [1.82, 2.24) is 9.55 Å². The Morgan fingerprint density at radius 1 is 1.22 bits per heavy atom. The number of rotatable bonds is 0. The summed E-state index contributed by atoms with van der Waals surface area (Å²) in [7, 11) is 0. The van der Waals surface area contributed by atoms with Crippen LogP contribution in [0.1, 0.15) is 36.1 Å². The number of benzene rings is 1. The van der Waals surface area contributed by atoms with Gasteiger partial charge >= 0.3 is 0 Å². The number of aromatic hydroxyl groups is 1. The first-order valence-electron chi connectivity index (χ1n) is 6.64. The molecule has 1 aromatic carbocycles. The first kappa shape index (κ1) is 10.2. The van der Waals surface area contributed by atoms with Crippen LogP contribution in [-0.4, -0.2) is 14.7 Å². The third-order valence-electron chi connectivity index (χ3n) is 4.60. The summed E-state index contributed by atoms with van der Waals surface area (Å²) in [6.45, 7) is 0. The zero-order chi connectivity index (χ0) is 12.2. The van der Waals surface area contributed by atoms with E-state index < -0.39 is 0 Å². The molecular formula is C15H16N2O. The third kappa shape index (κ3) is 1.17. The van der Waals surface area contributed by atoms with Gasteiger partial charge in [0.1, 0.15) is 5.75 Å². The summed E-state index contributed by atoms with van der Waals surface area (Å²) < 4.78 is 2.37. The molecule has 92 valence electrons. The standard InChI is InChI=1S/C15H16N2O/c18-13-3-4-14-11(8-13)5-7-15(14)6-1-2-12-9-16-10-17(12)15/h3-4,8-10,18H,1-2,5-7H2. The maximum atomic E-state index is 9.62. The average Bonchev–Trinajstić information content (AvgIpc) is 2.96. The van der Waals surface area contributed by atoms with Crippen LogP contribution in [0.15, 0.2) is 30.7 Å². The molecule has 1 aliphatic carbocycles. The first-order chi connectivity index (χ1) is 8.79. The predicted molar refractivity (Wildman–Crippen MR) is 68.7 cm³/mol. The van der Waals surface area contributed by atoms with E-state index in [-0.39, 0.29) is 5.54 Å². The zero-order valence-corrected chi connectivity index (χ0v) is 10.3. The number of aromatic nitrogens is 2. The van der Waals surface area contributed by atoms with Crippen molar-refractivity contribution in [2.45, 2.75) is 37.6 Å². The van der Waals surface area contributed by atoms with Crippen LogP contribution in [-0.2, 0) is 18.4 Å². The molecule has 18 heavy (non-hydrogen) atoms. The fourth-order valence-corrected chi connectivity index (χ4v) is 3.80. The van der Waals surface area contributed by atoms with Gasteiger partial charge in [0.05, 0.1) is 11.9 Å². The molecule has 1 aromatic heterocycles. The zero-order valence-electron chi connectivity index (χ0n) is 10.3. The molecule has 1 spiro atoms. The molecule has 0 amide bonds. The molecule has 2 heterocycles. The quantitative estimate of drug-likeness (QED) is 0.768. The molecule has 0 saturated heterocycles. The lowest BCUT2D eigenvalue weighted by Gasteiger charge is -2.37. The van der Waals surface area contributed by atoms with Crippen LogP contribution in [0.5, 0.6) is 5.75 Å². The molecule has 3 heteroatoms. The monoisotopic (exact) mass is 240 g/mol. The normalized spacial score (nSPS) is 25.1. The van der Waals surface area contributed by atoms with Crippen LogP contribution in [0.25, 0.3) is 0 Å². The average molecular weight is 240 g/mol. The summed E-state index contributed by atoms with van der Waals surface area (Å²) in [5.74, 6) is 0.382. The van der Waals surface area contributed by atoms with Crippen LogP contribution < -0.4 is 0 Å². The number of hydrogen-bond donors (Lipinski definition) is 1. The molecule has 0 radical (unpaired) electrons. The maximum Gasteiger partial charge on any atom is 0.115 e. The van der Waals surface area contributed by atoms with Crippen LogP contribution in [0, 0.1) is 0 Å². The topological polar surface area (TPSA) is 38.1 Å². The Morgan fingerprint density at radius 3 is 3.11 bits per heavy atom. The van der Waals surface area contributed by atoms with Crippen molar-refractivity contribution in [3.05, 3.63) is 47.5 Å². The molecule has 1 unspecified atom stereocenters. The second-order valence-corrected chi connectivity index (χ2v) is 5.48. The molecule has 2 aromatic rings. The molecule has 0 fully saturated rings. The van der Waals surface area contributed by atoms with E-state index in [1.54, 1.807) is 0 Å². The summed E-state index contributed by atoms with van der Waals surface area (Å²) in [6, 6.07) is 5.85. The lowest BCUT2D eigenvalue weighted by molar-refractivity contribution is 0.282. The minimum atomic E-state index is 0.104. The Hall–Kier alpha value is -1.77. The Labute approximate surface area is 106 Å². The largest absolute Gasteiger partial charge is 0.508 e. The van der Waals surface area contributed by atoms with E-state index in [1.807, 2.05) is 24.7 Å². The van der Waals surface area contributed by atoms with E-state index in [2.05, 4.69) is 15.6 Å². The lowest BCUT2D eigenvalue weighted by atomic mass is 9.83. The highest BCUT2D eigenvalue weighted by Gasteiger charge is 2.42. The van der Waals surface area contributed by atoms with Gasteiger partial charge in [0, 0.05) is 11.9 Å². The van der Waals surface area contributed by atoms with Gasteiger partial charge in [-0.25, -0.2) is 4.98 Å². The van der Waals surface area contributed by atoms with Crippen LogP contribution in [0.2, 0.25) is 0 Å². The number of phenols is 1. The van der Waals surface area contributed by atoms with E-state index in [9.17, 15) is 5.11 Å². The Bertz CT molecular complexity index is 617. The van der Waals surface area contributed by atoms with Crippen LogP contribution in [0.4, 0.5) is 0 Å². The summed E-state index contributed by atoms with van der Waals surface area (Å²) in [4.78, 5) is 4.33. The molecule has 1 aliphatic heterocycles. The van der Waals surface area contributed by atoms with Crippen molar-refractivity contribution in [2.24, 2.45) is 0 Å². The van der Waals surface area contributed by atoms with Gasteiger partial charge in [-0.05, 0) is 55.4 Å². The predicted octanol–water partition coefficient (Wildman–Crippen LogP) is 2.61. The van der Waals surface area contributed by atoms with Crippen LogP contribution in [0.3, 0.4) is 0 Å². The van der Waals surface area contributed by atoms with Gasteiger partial charge in [-0.2, -0.15) is 0 Å². The summed E-state index contributed by atoms with van der Waals surface area (Å²) in [5.41, 5.74) is 4.14. The lowest BCUT2D eigenvalue weighted by Crippen LogP contribution is -2.36.